The maximum Gasteiger partial charge on any atom is 0.371 e. The van der Waals surface area contributed by atoms with Gasteiger partial charge in [-0.05, 0) is 19.1 Å². The van der Waals surface area contributed by atoms with Gasteiger partial charge in [-0.1, -0.05) is 0 Å². The fraction of sp³-hybridized carbons (Fsp3) is 0.444. The van der Waals surface area contributed by atoms with Crippen LogP contribution in [0.25, 0.3) is 0 Å². The molecule has 0 aliphatic carbocycles. The molecule has 14 heavy (non-hydrogen) atoms. The molecule has 78 valence electrons. The highest BCUT2D eigenvalue weighted by Gasteiger charge is 2.08. The average Bonchev–Trinajstić information content (AvgIpc) is 2.52. The van der Waals surface area contributed by atoms with Crippen LogP contribution in [0.1, 0.15) is 23.2 Å². The van der Waals surface area contributed by atoms with Gasteiger partial charge in [-0.25, -0.2) is 4.79 Å². The fourth-order valence-corrected chi connectivity index (χ4v) is 1.76. The molecule has 5 heteroatoms. The summed E-state index contributed by atoms with van der Waals surface area (Å²) >= 11 is 1.63. The molecule has 4 nitrogen and oxygen atoms in total. The summed E-state index contributed by atoms with van der Waals surface area (Å²) in [7, 11) is 0. The topological polar surface area (TPSA) is 76.5 Å². The summed E-state index contributed by atoms with van der Waals surface area (Å²) in [6.45, 7) is 1.93. The molecule has 1 rings (SSSR count). The first-order chi connectivity index (χ1) is 6.59. The zero-order valence-corrected chi connectivity index (χ0v) is 8.71. The third kappa shape index (κ3) is 3.43. The molecular formula is C9H13NO3S. The number of furan rings is 1. The van der Waals surface area contributed by atoms with Crippen molar-refractivity contribution in [3.8, 4) is 0 Å². The molecule has 3 N–H and O–H groups in total. The lowest BCUT2D eigenvalue weighted by molar-refractivity contribution is 0.0661. The second-order valence-corrected chi connectivity index (χ2v) is 4.09. The second-order valence-electron chi connectivity index (χ2n) is 3.06. The predicted octanol–water partition coefficient (Wildman–Crippen LogP) is 1.56. The van der Waals surface area contributed by atoms with Crippen LogP contribution in [0, 0.1) is 0 Å². The maximum absolute atomic E-state index is 10.5. The third-order valence-corrected chi connectivity index (χ3v) is 2.75. The molecule has 1 aromatic rings. The quantitative estimate of drug-likeness (QED) is 0.779. The normalized spacial score (nSPS) is 12.7. The Bertz CT molecular complexity index is 309. The van der Waals surface area contributed by atoms with E-state index in [2.05, 4.69) is 0 Å². The Kier molecular flexibility index (Phi) is 4.03. The molecule has 0 aromatic carbocycles. The largest absolute Gasteiger partial charge is 0.475 e. The van der Waals surface area contributed by atoms with E-state index >= 15 is 0 Å². The Morgan fingerprint density at radius 2 is 2.43 bits per heavy atom. The minimum Gasteiger partial charge on any atom is -0.475 e. The number of hydrogen-bond donors (Lipinski definition) is 2. The Balaban J connectivity index is 2.40. The van der Waals surface area contributed by atoms with E-state index in [-0.39, 0.29) is 11.8 Å². The van der Waals surface area contributed by atoms with Crippen LogP contribution in [0.2, 0.25) is 0 Å². The zero-order chi connectivity index (χ0) is 10.6. The van der Waals surface area contributed by atoms with Gasteiger partial charge in [0, 0.05) is 11.8 Å². The highest BCUT2D eigenvalue weighted by atomic mass is 32.2. The first-order valence-corrected chi connectivity index (χ1v) is 5.40. The van der Waals surface area contributed by atoms with Crippen LogP contribution in [0.3, 0.4) is 0 Å². The van der Waals surface area contributed by atoms with Gasteiger partial charge in [0.2, 0.25) is 5.76 Å². The van der Waals surface area contributed by atoms with Crippen LogP contribution >= 0.6 is 11.8 Å². The number of carboxylic acid groups (broad SMARTS) is 1. The van der Waals surface area contributed by atoms with E-state index in [0.29, 0.717) is 11.5 Å². The lowest BCUT2D eigenvalue weighted by Gasteiger charge is -2.02. The molecule has 1 heterocycles. The lowest BCUT2D eigenvalue weighted by Crippen LogP contribution is -2.17. The molecule has 0 aliphatic heterocycles. The van der Waals surface area contributed by atoms with E-state index in [1.54, 1.807) is 17.8 Å². The van der Waals surface area contributed by atoms with E-state index in [0.717, 1.165) is 5.75 Å². The summed E-state index contributed by atoms with van der Waals surface area (Å²) in [5.41, 5.74) is 5.56. The summed E-state index contributed by atoms with van der Waals surface area (Å²) < 4.78 is 5.07. The molecule has 0 spiro atoms. The molecular weight excluding hydrogens is 202 g/mol. The molecule has 0 bridgehead atoms. The summed E-state index contributed by atoms with van der Waals surface area (Å²) in [6, 6.07) is 3.29. The standard InChI is InChI=1S/C9H13NO3S/c1-6(10)4-14-5-7-2-3-8(13-7)9(11)12/h2-3,6H,4-5,10H2,1H3,(H,11,12). The summed E-state index contributed by atoms with van der Waals surface area (Å²) in [5.74, 6) is 1.13. The Labute approximate surface area is 86.5 Å². The number of thioether (sulfide) groups is 1. The van der Waals surface area contributed by atoms with Crippen molar-refractivity contribution in [2.45, 2.75) is 18.7 Å². The van der Waals surface area contributed by atoms with Crippen molar-refractivity contribution < 1.29 is 14.3 Å². The monoisotopic (exact) mass is 215 g/mol. The number of nitrogens with two attached hydrogens (primary N) is 1. The predicted molar refractivity (Wildman–Crippen MR) is 55.5 cm³/mol. The number of rotatable bonds is 5. The average molecular weight is 215 g/mol. The van der Waals surface area contributed by atoms with Gasteiger partial charge in [0.15, 0.2) is 0 Å². The van der Waals surface area contributed by atoms with E-state index in [1.807, 2.05) is 6.92 Å². The van der Waals surface area contributed by atoms with Crippen LogP contribution in [0.4, 0.5) is 0 Å². The van der Waals surface area contributed by atoms with Crippen LogP contribution < -0.4 is 5.73 Å². The highest BCUT2D eigenvalue weighted by Crippen LogP contribution is 2.15. The van der Waals surface area contributed by atoms with Gasteiger partial charge in [-0.3, -0.25) is 0 Å². The van der Waals surface area contributed by atoms with Crippen molar-refractivity contribution >= 4 is 17.7 Å². The number of carboxylic acids is 1. The Hall–Kier alpha value is -0.940. The first-order valence-electron chi connectivity index (χ1n) is 4.25. The van der Waals surface area contributed by atoms with Crippen LogP contribution in [-0.4, -0.2) is 22.9 Å². The van der Waals surface area contributed by atoms with Gasteiger partial charge in [0.1, 0.15) is 5.76 Å². The highest BCUT2D eigenvalue weighted by molar-refractivity contribution is 7.98. The van der Waals surface area contributed by atoms with Gasteiger partial charge in [0.25, 0.3) is 0 Å². The van der Waals surface area contributed by atoms with E-state index in [9.17, 15) is 4.79 Å². The minimum absolute atomic E-state index is 0.0126. The Morgan fingerprint density at radius 1 is 1.71 bits per heavy atom. The molecule has 0 aliphatic rings. The van der Waals surface area contributed by atoms with Gasteiger partial charge in [-0.2, -0.15) is 11.8 Å². The van der Waals surface area contributed by atoms with Gasteiger partial charge in [-0.15, -0.1) is 0 Å². The zero-order valence-electron chi connectivity index (χ0n) is 7.90. The van der Waals surface area contributed by atoms with E-state index < -0.39 is 5.97 Å². The minimum atomic E-state index is -1.03. The van der Waals surface area contributed by atoms with Crippen LogP contribution in [0.5, 0.6) is 0 Å². The smallest absolute Gasteiger partial charge is 0.371 e. The Morgan fingerprint density at radius 3 is 2.93 bits per heavy atom. The molecule has 0 fully saturated rings. The van der Waals surface area contributed by atoms with E-state index in [4.69, 9.17) is 15.3 Å². The molecule has 0 saturated carbocycles. The fourth-order valence-electron chi connectivity index (χ4n) is 0.916. The van der Waals surface area contributed by atoms with Crippen LogP contribution in [0.15, 0.2) is 16.5 Å². The summed E-state index contributed by atoms with van der Waals surface area (Å²) in [4.78, 5) is 10.5. The van der Waals surface area contributed by atoms with Crippen LogP contribution in [-0.2, 0) is 5.75 Å². The van der Waals surface area contributed by atoms with Gasteiger partial charge < -0.3 is 15.3 Å². The first kappa shape index (κ1) is 11.1. The van der Waals surface area contributed by atoms with Crippen molar-refractivity contribution in [3.05, 3.63) is 23.7 Å². The summed E-state index contributed by atoms with van der Waals surface area (Å²) in [6.07, 6.45) is 0. The molecule has 1 atom stereocenters. The number of aromatic carboxylic acids is 1. The van der Waals surface area contributed by atoms with E-state index in [1.165, 1.54) is 6.07 Å². The van der Waals surface area contributed by atoms with Crippen molar-refractivity contribution in [2.75, 3.05) is 5.75 Å². The van der Waals surface area contributed by atoms with Gasteiger partial charge in [0.05, 0.1) is 5.75 Å². The molecule has 1 aromatic heterocycles. The SMILES string of the molecule is CC(N)CSCc1ccc(C(=O)O)o1. The molecule has 0 saturated heterocycles. The molecule has 0 amide bonds. The molecule has 0 radical (unpaired) electrons. The lowest BCUT2D eigenvalue weighted by atomic mass is 10.4. The maximum atomic E-state index is 10.5. The second kappa shape index (κ2) is 5.07. The van der Waals surface area contributed by atoms with Crippen molar-refractivity contribution in [1.29, 1.82) is 0 Å². The van der Waals surface area contributed by atoms with Crippen molar-refractivity contribution in [3.63, 3.8) is 0 Å². The molecule has 1 unspecified atom stereocenters. The van der Waals surface area contributed by atoms with Gasteiger partial charge >= 0.3 is 5.97 Å². The van der Waals surface area contributed by atoms with Crippen molar-refractivity contribution in [2.24, 2.45) is 5.73 Å². The number of hydrogen-bond acceptors (Lipinski definition) is 4. The van der Waals surface area contributed by atoms with Crippen molar-refractivity contribution in [1.82, 2.24) is 0 Å². The number of carbonyl (C=O) groups is 1. The third-order valence-electron chi connectivity index (χ3n) is 1.50. The summed E-state index contributed by atoms with van der Waals surface area (Å²) in [5, 5.41) is 8.59.